The van der Waals surface area contributed by atoms with Gasteiger partial charge in [0, 0.05) is 24.2 Å². The normalized spacial score (nSPS) is 24.1. The van der Waals surface area contributed by atoms with Crippen LogP contribution in [0.25, 0.3) is 0 Å². The van der Waals surface area contributed by atoms with Gasteiger partial charge < -0.3 is 10.6 Å². The zero-order valence-electron chi connectivity index (χ0n) is 16.2. The van der Waals surface area contributed by atoms with Gasteiger partial charge in [0.25, 0.3) is 11.8 Å². The Kier molecular flexibility index (Phi) is 4.89. The molecule has 3 heterocycles. The van der Waals surface area contributed by atoms with Crippen molar-refractivity contribution in [1.82, 2.24) is 10.6 Å². The summed E-state index contributed by atoms with van der Waals surface area (Å²) in [4.78, 5) is 37.8. The molecule has 1 aromatic carbocycles. The van der Waals surface area contributed by atoms with Gasteiger partial charge in [0.05, 0.1) is 5.69 Å². The standard InChI is InChI=1S/C20H22FN5O3/c1-10(2)16-19(28)26(20(29)23-16)15-9-11(5-6-13(15)21)8-14-17-12(4-3-7-22-17)18(27)25-24-14/h5-6,9-10,14,16,22H,3-4,7-8H2,1-2H3,(H,23,29). The number of urea groups is 1. The Labute approximate surface area is 167 Å². The highest BCUT2D eigenvalue weighted by molar-refractivity contribution is 6.21. The zero-order chi connectivity index (χ0) is 20.7. The second kappa shape index (κ2) is 7.38. The average molecular weight is 399 g/mol. The number of nitrogens with one attached hydrogen (secondary N) is 2. The van der Waals surface area contributed by atoms with Crippen LogP contribution in [-0.2, 0) is 16.0 Å². The van der Waals surface area contributed by atoms with Crippen LogP contribution in [0.15, 0.2) is 39.7 Å². The quantitative estimate of drug-likeness (QED) is 0.759. The summed E-state index contributed by atoms with van der Waals surface area (Å²) >= 11 is 0. The minimum atomic E-state index is -0.678. The minimum absolute atomic E-state index is 0.0808. The number of anilines is 1. The van der Waals surface area contributed by atoms with Crippen molar-refractivity contribution in [3.8, 4) is 0 Å². The summed E-state index contributed by atoms with van der Waals surface area (Å²) in [6.45, 7) is 4.39. The molecule has 1 aromatic rings. The molecule has 3 aliphatic heterocycles. The number of carbonyl (C=O) groups is 3. The predicted molar refractivity (Wildman–Crippen MR) is 103 cm³/mol. The Bertz CT molecular complexity index is 955. The van der Waals surface area contributed by atoms with Crippen LogP contribution in [0.2, 0.25) is 0 Å². The third-order valence-corrected chi connectivity index (χ3v) is 5.44. The fourth-order valence-electron chi connectivity index (χ4n) is 3.91. The van der Waals surface area contributed by atoms with E-state index in [1.807, 2.05) is 13.8 Å². The Balaban J connectivity index is 1.62. The van der Waals surface area contributed by atoms with Crippen molar-refractivity contribution in [3.63, 3.8) is 0 Å². The monoisotopic (exact) mass is 399 g/mol. The van der Waals surface area contributed by atoms with E-state index in [9.17, 15) is 18.8 Å². The number of hydrogen-bond donors (Lipinski definition) is 2. The molecule has 0 aliphatic carbocycles. The summed E-state index contributed by atoms with van der Waals surface area (Å²) in [6, 6.07) is 2.63. The van der Waals surface area contributed by atoms with E-state index in [0.717, 1.165) is 23.6 Å². The van der Waals surface area contributed by atoms with Crippen molar-refractivity contribution >= 4 is 23.5 Å². The summed E-state index contributed by atoms with van der Waals surface area (Å²) in [7, 11) is 0. The van der Waals surface area contributed by atoms with Crippen molar-refractivity contribution < 1.29 is 18.8 Å². The molecule has 4 rings (SSSR count). The Morgan fingerprint density at radius 1 is 1.28 bits per heavy atom. The van der Waals surface area contributed by atoms with E-state index in [4.69, 9.17) is 0 Å². The van der Waals surface area contributed by atoms with E-state index in [0.29, 0.717) is 24.0 Å². The molecular weight excluding hydrogens is 377 g/mol. The van der Waals surface area contributed by atoms with Crippen molar-refractivity contribution in [3.05, 3.63) is 40.8 Å². The summed E-state index contributed by atoms with van der Waals surface area (Å²) in [5.41, 5.74) is 2.01. The molecule has 9 heteroatoms. The van der Waals surface area contributed by atoms with Gasteiger partial charge in [-0.25, -0.2) is 14.1 Å². The van der Waals surface area contributed by atoms with Crippen molar-refractivity contribution in [2.75, 3.05) is 11.4 Å². The second-order valence-electron chi connectivity index (χ2n) is 7.79. The summed E-state index contributed by atoms with van der Waals surface area (Å²) in [6.07, 6.45) is 1.88. The first-order chi connectivity index (χ1) is 13.9. The number of rotatable bonds is 4. The van der Waals surface area contributed by atoms with Crippen LogP contribution in [0, 0.1) is 11.7 Å². The molecule has 4 amide bonds. The summed E-state index contributed by atoms with van der Waals surface area (Å²) in [5.74, 6) is -1.55. The molecule has 2 atom stereocenters. The predicted octanol–water partition coefficient (Wildman–Crippen LogP) is 2.45. The van der Waals surface area contributed by atoms with Crippen LogP contribution in [-0.4, -0.2) is 36.5 Å². The molecule has 152 valence electrons. The molecule has 2 N–H and O–H groups in total. The molecule has 8 nitrogen and oxygen atoms in total. The maximum Gasteiger partial charge on any atom is 0.329 e. The first kappa shape index (κ1) is 19.2. The highest BCUT2D eigenvalue weighted by Crippen LogP contribution is 2.30. The molecule has 2 unspecified atom stereocenters. The van der Waals surface area contributed by atoms with Crippen LogP contribution in [0.5, 0.6) is 0 Å². The molecule has 0 radical (unpaired) electrons. The van der Waals surface area contributed by atoms with Gasteiger partial charge in [-0.05, 0) is 36.5 Å². The third kappa shape index (κ3) is 3.41. The van der Waals surface area contributed by atoms with E-state index >= 15 is 0 Å². The SMILES string of the molecule is CC(C)C1NC(=O)N(c2cc(CC3N=NC(=O)C4=C3NCCC4)ccc2F)C1=O. The van der Waals surface area contributed by atoms with E-state index in [2.05, 4.69) is 20.9 Å². The number of nitrogens with zero attached hydrogens (tertiary/aromatic N) is 3. The van der Waals surface area contributed by atoms with Crippen LogP contribution < -0.4 is 15.5 Å². The van der Waals surface area contributed by atoms with Crippen LogP contribution >= 0.6 is 0 Å². The molecule has 29 heavy (non-hydrogen) atoms. The molecule has 0 saturated carbocycles. The number of benzene rings is 1. The van der Waals surface area contributed by atoms with Gasteiger partial charge in [0.1, 0.15) is 17.9 Å². The summed E-state index contributed by atoms with van der Waals surface area (Å²) in [5, 5.41) is 13.7. The number of halogens is 1. The first-order valence-corrected chi connectivity index (χ1v) is 9.71. The Morgan fingerprint density at radius 2 is 2.07 bits per heavy atom. The molecular formula is C20H22FN5O3. The number of carbonyl (C=O) groups excluding carboxylic acids is 3. The fourth-order valence-corrected chi connectivity index (χ4v) is 3.91. The maximum absolute atomic E-state index is 14.5. The van der Waals surface area contributed by atoms with Gasteiger partial charge in [-0.2, -0.15) is 5.11 Å². The smallest absolute Gasteiger partial charge is 0.329 e. The van der Waals surface area contributed by atoms with E-state index < -0.39 is 23.8 Å². The zero-order valence-corrected chi connectivity index (χ0v) is 16.2. The van der Waals surface area contributed by atoms with E-state index in [1.54, 1.807) is 6.07 Å². The minimum Gasteiger partial charge on any atom is -0.386 e. The lowest BCUT2D eigenvalue weighted by atomic mass is 9.94. The molecule has 1 fully saturated rings. The first-order valence-electron chi connectivity index (χ1n) is 9.71. The highest BCUT2D eigenvalue weighted by atomic mass is 19.1. The van der Waals surface area contributed by atoms with Crippen molar-refractivity contribution in [2.24, 2.45) is 16.1 Å². The molecule has 0 aromatic heterocycles. The number of amides is 4. The van der Waals surface area contributed by atoms with E-state index in [1.165, 1.54) is 12.1 Å². The van der Waals surface area contributed by atoms with Gasteiger partial charge >= 0.3 is 6.03 Å². The Hall–Kier alpha value is -3.10. The molecule has 1 saturated heterocycles. The Morgan fingerprint density at radius 3 is 2.79 bits per heavy atom. The molecule has 0 bridgehead atoms. The van der Waals surface area contributed by atoms with Gasteiger partial charge in [0.2, 0.25) is 0 Å². The lowest BCUT2D eigenvalue weighted by molar-refractivity contribution is -0.119. The van der Waals surface area contributed by atoms with Crippen molar-refractivity contribution in [1.29, 1.82) is 0 Å². The van der Waals surface area contributed by atoms with Crippen LogP contribution in [0.1, 0.15) is 32.3 Å². The van der Waals surface area contributed by atoms with Gasteiger partial charge in [-0.3, -0.25) is 9.59 Å². The second-order valence-corrected chi connectivity index (χ2v) is 7.79. The molecule has 0 spiro atoms. The van der Waals surface area contributed by atoms with E-state index in [-0.39, 0.29) is 23.6 Å². The van der Waals surface area contributed by atoms with Crippen LogP contribution in [0.3, 0.4) is 0 Å². The topological polar surface area (TPSA) is 103 Å². The number of azo groups is 1. The largest absolute Gasteiger partial charge is 0.386 e. The fraction of sp³-hybridized carbons (Fsp3) is 0.450. The third-order valence-electron chi connectivity index (χ3n) is 5.44. The van der Waals surface area contributed by atoms with Gasteiger partial charge in [-0.15, -0.1) is 5.11 Å². The van der Waals surface area contributed by atoms with Crippen LogP contribution in [0.4, 0.5) is 14.9 Å². The van der Waals surface area contributed by atoms with Gasteiger partial charge in [-0.1, -0.05) is 19.9 Å². The summed E-state index contributed by atoms with van der Waals surface area (Å²) < 4.78 is 14.5. The average Bonchev–Trinajstić information content (AvgIpc) is 3.00. The van der Waals surface area contributed by atoms with Gasteiger partial charge in [0.15, 0.2) is 0 Å². The lowest BCUT2D eigenvalue weighted by Crippen LogP contribution is -2.35. The van der Waals surface area contributed by atoms with Crippen molar-refractivity contribution in [2.45, 2.75) is 45.2 Å². The maximum atomic E-state index is 14.5. The lowest BCUT2D eigenvalue weighted by Gasteiger charge is -2.27. The number of imide groups is 1. The highest BCUT2D eigenvalue weighted by Gasteiger charge is 2.41. The molecule has 3 aliphatic rings. The number of hydrogen-bond acceptors (Lipinski definition) is 5.